The fraction of sp³-hybridized carbons (Fsp3) is 0.647. The Bertz CT molecular complexity index is 533. The minimum absolute atomic E-state index is 0.0111. The normalized spacial score (nSPS) is 35.1. The smallest absolute Gasteiger partial charge is 0.125 e. The largest absolute Gasteiger partial charge is 0.497 e. The first-order valence-corrected chi connectivity index (χ1v) is 7.76. The van der Waals surface area contributed by atoms with Gasteiger partial charge in [-0.05, 0) is 31.5 Å². The van der Waals surface area contributed by atoms with E-state index in [0.29, 0.717) is 0 Å². The first-order chi connectivity index (χ1) is 9.99. The lowest BCUT2D eigenvalue weighted by molar-refractivity contribution is -0.151. The van der Waals surface area contributed by atoms with Crippen LogP contribution in [0.1, 0.15) is 51.1 Å². The van der Waals surface area contributed by atoms with Gasteiger partial charge >= 0.3 is 0 Å². The molecule has 4 nitrogen and oxygen atoms in total. The summed E-state index contributed by atoms with van der Waals surface area (Å²) in [7, 11) is 1.67. The van der Waals surface area contributed by atoms with E-state index in [1.165, 1.54) is 0 Å². The Labute approximate surface area is 126 Å². The van der Waals surface area contributed by atoms with E-state index in [2.05, 4.69) is 13.8 Å². The molecule has 1 spiro atoms. The molecule has 0 aromatic heterocycles. The van der Waals surface area contributed by atoms with Crippen molar-refractivity contribution in [2.24, 2.45) is 5.73 Å². The van der Waals surface area contributed by atoms with Gasteiger partial charge in [0.25, 0.3) is 0 Å². The predicted molar refractivity (Wildman–Crippen MR) is 81.8 cm³/mol. The van der Waals surface area contributed by atoms with Gasteiger partial charge in [0, 0.05) is 30.9 Å². The lowest BCUT2D eigenvalue weighted by Gasteiger charge is -2.49. The lowest BCUT2D eigenvalue weighted by Crippen LogP contribution is -2.53. The van der Waals surface area contributed by atoms with Crippen LogP contribution in [0.4, 0.5) is 0 Å². The van der Waals surface area contributed by atoms with Crippen LogP contribution in [0.3, 0.4) is 0 Å². The molecule has 0 saturated carbocycles. The maximum atomic E-state index is 6.43. The highest BCUT2D eigenvalue weighted by molar-refractivity contribution is 5.44. The summed E-state index contributed by atoms with van der Waals surface area (Å²) in [5, 5.41) is 0. The van der Waals surface area contributed by atoms with Crippen molar-refractivity contribution in [1.82, 2.24) is 0 Å². The summed E-state index contributed by atoms with van der Waals surface area (Å²) >= 11 is 0. The molecule has 2 aliphatic rings. The maximum Gasteiger partial charge on any atom is 0.125 e. The van der Waals surface area contributed by atoms with Crippen molar-refractivity contribution in [2.75, 3.05) is 13.7 Å². The van der Waals surface area contributed by atoms with Crippen LogP contribution in [0.25, 0.3) is 0 Å². The topological polar surface area (TPSA) is 53.7 Å². The first-order valence-electron chi connectivity index (χ1n) is 7.76. The van der Waals surface area contributed by atoms with Gasteiger partial charge in [0.1, 0.15) is 17.1 Å². The average molecular weight is 291 g/mol. The second kappa shape index (κ2) is 5.18. The van der Waals surface area contributed by atoms with Gasteiger partial charge in [0.15, 0.2) is 0 Å². The number of fused-ring (bicyclic) bond motifs is 1. The Kier molecular flexibility index (Phi) is 3.62. The van der Waals surface area contributed by atoms with Crippen LogP contribution in [0, 0.1) is 0 Å². The van der Waals surface area contributed by atoms with Gasteiger partial charge in [-0.25, -0.2) is 0 Å². The summed E-state index contributed by atoms with van der Waals surface area (Å²) in [6.07, 6.45) is 3.63. The van der Waals surface area contributed by atoms with Crippen molar-refractivity contribution in [2.45, 2.75) is 56.8 Å². The summed E-state index contributed by atoms with van der Waals surface area (Å²) in [4.78, 5) is 0. The highest BCUT2D eigenvalue weighted by Gasteiger charge is 2.47. The van der Waals surface area contributed by atoms with Crippen LogP contribution in [-0.2, 0) is 4.74 Å². The van der Waals surface area contributed by atoms with Gasteiger partial charge in [0.05, 0.1) is 19.3 Å². The van der Waals surface area contributed by atoms with Crippen molar-refractivity contribution < 1.29 is 14.2 Å². The Balaban J connectivity index is 1.91. The molecule has 1 aromatic carbocycles. The van der Waals surface area contributed by atoms with Gasteiger partial charge in [-0.3, -0.25) is 0 Å². The first kappa shape index (κ1) is 14.7. The van der Waals surface area contributed by atoms with E-state index in [9.17, 15) is 0 Å². The SMILES string of the molecule is CCC1(C)CC2(CCO1)CC(N)c1cc(OC)ccc1O2. The summed E-state index contributed by atoms with van der Waals surface area (Å²) < 4.78 is 17.7. The summed E-state index contributed by atoms with van der Waals surface area (Å²) in [5.41, 5.74) is 7.18. The van der Waals surface area contributed by atoms with Gasteiger partial charge in [0.2, 0.25) is 0 Å². The molecule has 1 saturated heterocycles. The molecule has 0 bridgehead atoms. The van der Waals surface area contributed by atoms with Crippen molar-refractivity contribution in [3.63, 3.8) is 0 Å². The summed E-state index contributed by atoms with van der Waals surface area (Å²) in [6, 6.07) is 5.89. The second-order valence-corrected chi connectivity index (χ2v) is 6.58. The number of nitrogens with two attached hydrogens (primary N) is 1. The molecular weight excluding hydrogens is 266 g/mol. The van der Waals surface area contributed by atoms with E-state index in [-0.39, 0.29) is 17.2 Å². The third-order valence-corrected chi connectivity index (χ3v) is 4.99. The lowest BCUT2D eigenvalue weighted by atomic mass is 9.75. The number of hydrogen-bond donors (Lipinski definition) is 1. The molecule has 0 radical (unpaired) electrons. The number of rotatable bonds is 2. The Morgan fingerprint density at radius 3 is 2.95 bits per heavy atom. The van der Waals surface area contributed by atoms with Crippen molar-refractivity contribution in [3.05, 3.63) is 23.8 Å². The number of hydrogen-bond acceptors (Lipinski definition) is 4. The van der Waals surface area contributed by atoms with Crippen molar-refractivity contribution in [1.29, 1.82) is 0 Å². The van der Waals surface area contributed by atoms with Crippen LogP contribution < -0.4 is 15.2 Å². The van der Waals surface area contributed by atoms with E-state index in [0.717, 1.165) is 49.4 Å². The van der Waals surface area contributed by atoms with E-state index in [1.807, 2.05) is 18.2 Å². The van der Waals surface area contributed by atoms with Crippen LogP contribution in [0.5, 0.6) is 11.5 Å². The number of methoxy groups -OCH3 is 1. The van der Waals surface area contributed by atoms with Crippen LogP contribution in [-0.4, -0.2) is 24.9 Å². The molecule has 2 N–H and O–H groups in total. The van der Waals surface area contributed by atoms with Gasteiger partial charge in [-0.2, -0.15) is 0 Å². The van der Waals surface area contributed by atoms with Crippen LogP contribution in [0.2, 0.25) is 0 Å². The molecule has 3 atom stereocenters. The van der Waals surface area contributed by atoms with Crippen LogP contribution in [0.15, 0.2) is 18.2 Å². The molecule has 2 aliphatic heterocycles. The summed E-state index contributed by atoms with van der Waals surface area (Å²) in [5.74, 6) is 1.73. The Hall–Kier alpha value is -1.26. The molecule has 1 aromatic rings. The minimum Gasteiger partial charge on any atom is -0.497 e. The zero-order valence-electron chi connectivity index (χ0n) is 13.1. The highest BCUT2D eigenvalue weighted by Crippen LogP contribution is 2.47. The summed E-state index contributed by atoms with van der Waals surface area (Å²) in [6.45, 7) is 5.08. The number of benzene rings is 1. The highest BCUT2D eigenvalue weighted by atomic mass is 16.5. The fourth-order valence-electron chi connectivity index (χ4n) is 3.61. The predicted octanol–water partition coefficient (Wildman–Crippen LogP) is 3.20. The van der Waals surface area contributed by atoms with E-state index < -0.39 is 0 Å². The molecule has 21 heavy (non-hydrogen) atoms. The molecule has 2 heterocycles. The zero-order chi connectivity index (χ0) is 15.1. The standard InChI is InChI=1S/C17H25NO3/c1-4-16(2)11-17(7-8-20-16)10-14(18)13-9-12(19-3)5-6-15(13)21-17/h5-6,9,14H,4,7-8,10-11,18H2,1-3H3. The molecule has 0 amide bonds. The van der Waals surface area contributed by atoms with E-state index in [1.54, 1.807) is 7.11 Å². The third-order valence-electron chi connectivity index (χ3n) is 4.99. The Morgan fingerprint density at radius 2 is 2.24 bits per heavy atom. The van der Waals surface area contributed by atoms with Crippen molar-refractivity contribution in [3.8, 4) is 11.5 Å². The average Bonchev–Trinajstić information content (AvgIpc) is 2.47. The second-order valence-electron chi connectivity index (χ2n) is 6.58. The Morgan fingerprint density at radius 1 is 1.43 bits per heavy atom. The van der Waals surface area contributed by atoms with E-state index >= 15 is 0 Å². The molecular formula is C17H25NO3. The fourth-order valence-corrected chi connectivity index (χ4v) is 3.61. The minimum atomic E-state index is -0.190. The van der Waals surface area contributed by atoms with Crippen LogP contribution >= 0.6 is 0 Å². The number of ether oxygens (including phenoxy) is 3. The molecule has 116 valence electrons. The third kappa shape index (κ3) is 2.62. The molecule has 3 rings (SSSR count). The quantitative estimate of drug-likeness (QED) is 0.909. The van der Waals surface area contributed by atoms with Crippen molar-refractivity contribution >= 4 is 0 Å². The molecule has 1 fully saturated rings. The van der Waals surface area contributed by atoms with Gasteiger partial charge < -0.3 is 19.9 Å². The van der Waals surface area contributed by atoms with Gasteiger partial charge in [-0.15, -0.1) is 0 Å². The molecule has 4 heteroatoms. The van der Waals surface area contributed by atoms with Gasteiger partial charge in [-0.1, -0.05) is 6.92 Å². The molecule has 3 unspecified atom stereocenters. The monoisotopic (exact) mass is 291 g/mol. The zero-order valence-corrected chi connectivity index (χ0v) is 13.1. The van der Waals surface area contributed by atoms with E-state index in [4.69, 9.17) is 19.9 Å². The maximum absolute atomic E-state index is 6.43. The molecule has 0 aliphatic carbocycles.